The molecule has 1 heterocycles. The Balaban J connectivity index is 2.41. The number of nitrogens with one attached hydrogen (secondary N) is 1. The second kappa shape index (κ2) is 6.30. The fourth-order valence-corrected chi connectivity index (χ4v) is 1.91. The second-order valence-electron chi connectivity index (χ2n) is 3.98. The number of rotatable bonds is 4. The van der Waals surface area contributed by atoms with Crippen LogP contribution in [0.1, 0.15) is 25.0 Å². The van der Waals surface area contributed by atoms with Gasteiger partial charge in [0, 0.05) is 11.3 Å². The van der Waals surface area contributed by atoms with Gasteiger partial charge in [-0.2, -0.15) is 4.98 Å². The molecule has 1 unspecified atom stereocenters. The topological polar surface area (TPSA) is 70.9 Å². The lowest BCUT2D eigenvalue weighted by molar-refractivity contribution is 0.174. The lowest BCUT2D eigenvalue weighted by atomic mass is 10.0. The maximum absolute atomic E-state index is 13.5. The van der Waals surface area contributed by atoms with E-state index in [1.807, 2.05) is 0 Å². The highest BCUT2D eigenvalue weighted by molar-refractivity contribution is 6.31. The minimum absolute atomic E-state index is 0.0216. The van der Waals surface area contributed by atoms with Crippen molar-refractivity contribution in [3.8, 4) is 0 Å². The summed E-state index contributed by atoms with van der Waals surface area (Å²) < 4.78 is 13.5. The summed E-state index contributed by atoms with van der Waals surface area (Å²) in [6.07, 6.45) is 0.827. The monoisotopic (exact) mass is 316 g/mol. The largest absolute Gasteiger partial charge is 0.388 e. The van der Waals surface area contributed by atoms with Crippen LogP contribution in [0.3, 0.4) is 0 Å². The SMILES string of the molecule is CCC(O)c1cc(F)c(Cl)cc1Nc1ncnc(Cl)n1. The summed E-state index contributed by atoms with van der Waals surface area (Å²) in [5.41, 5.74) is 0.777. The van der Waals surface area contributed by atoms with Crippen LogP contribution in [0.25, 0.3) is 0 Å². The van der Waals surface area contributed by atoms with E-state index in [2.05, 4.69) is 20.3 Å². The minimum atomic E-state index is -0.832. The Morgan fingerprint density at radius 3 is 2.75 bits per heavy atom. The summed E-state index contributed by atoms with van der Waals surface area (Å²) in [6.45, 7) is 1.78. The molecule has 0 saturated carbocycles. The maximum atomic E-state index is 13.5. The molecule has 1 aromatic heterocycles. The van der Waals surface area contributed by atoms with Gasteiger partial charge in [0.1, 0.15) is 12.1 Å². The van der Waals surface area contributed by atoms with E-state index in [1.165, 1.54) is 18.5 Å². The first-order valence-corrected chi connectivity index (χ1v) is 6.55. The van der Waals surface area contributed by atoms with Crippen LogP contribution in [0, 0.1) is 5.82 Å². The third kappa shape index (κ3) is 3.33. The Labute approximate surface area is 124 Å². The number of hydrogen-bond acceptors (Lipinski definition) is 5. The summed E-state index contributed by atoms with van der Waals surface area (Å²) in [6, 6.07) is 2.55. The Kier molecular flexibility index (Phi) is 4.69. The Morgan fingerprint density at radius 2 is 2.10 bits per heavy atom. The van der Waals surface area contributed by atoms with Crippen molar-refractivity contribution in [2.45, 2.75) is 19.4 Å². The van der Waals surface area contributed by atoms with Gasteiger partial charge in [-0.1, -0.05) is 18.5 Å². The zero-order valence-corrected chi connectivity index (χ0v) is 12.0. The third-order valence-corrected chi connectivity index (χ3v) is 3.10. The highest BCUT2D eigenvalue weighted by Crippen LogP contribution is 2.31. The second-order valence-corrected chi connectivity index (χ2v) is 4.73. The van der Waals surface area contributed by atoms with Gasteiger partial charge in [-0.15, -0.1) is 0 Å². The van der Waals surface area contributed by atoms with Gasteiger partial charge in [0.25, 0.3) is 0 Å². The van der Waals surface area contributed by atoms with Crippen molar-refractivity contribution in [1.29, 1.82) is 0 Å². The molecule has 0 bridgehead atoms. The van der Waals surface area contributed by atoms with Crippen molar-refractivity contribution < 1.29 is 9.50 Å². The first-order valence-electron chi connectivity index (χ1n) is 5.79. The molecule has 2 aromatic rings. The van der Waals surface area contributed by atoms with Gasteiger partial charge in [0.05, 0.1) is 11.1 Å². The lowest BCUT2D eigenvalue weighted by Crippen LogP contribution is -2.05. The molecule has 2 N–H and O–H groups in total. The molecule has 0 aliphatic rings. The number of aromatic nitrogens is 3. The highest BCUT2D eigenvalue weighted by Gasteiger charge is 2.15. The van der Waals surface area contributed by atoms with Crippen LogP contribution in [-0.4, -0.2) is 20.1 Å². The number of hydrogen-bond donors (Lipinski definition) is 2. The highest BCUT2D eigenvalue weighted by atomic mass is 35.5. The van der Waals surface area contributed by atoms with E-state index < -0.39 is 11.9 Å². The fourth-order valence-electron chi connectivity index (χ4n) is 1.62. The molecule has 20 heavy (non-hydrogen) atoms. The maximum Gasteiger partial charge on any atom is 0.231 e. The molecule has 0 saturated heterocycles. The Morgan fingerprint density at radius 1 is 1.35 bits per heavy atom. The first-order chi connectivity index (χ1) is 9.51. The van der Waals surface area contributed by atoms with Crippen molar-refractivity contribution in [1.82, 2.24) is 15.0 Å². The van der Waals surface area contributed by atoms with E-state index >= 15 is 0 Å². The van der Waals surface area contributed by atoms with Crippen molar-refractivity contribution >= 4 is 34.8 Å². The first kappa shape index (κ1) is 14.9. The zero-order valence-electron chi connectivity index (χ0n) is 10.4. The van der Waals surface area contributed by atoms with Gasteiger partial charge in [0.15, 0.2) is 0 Å². The average Bonchev–Trinajstić information content (AvgIpc) is 2.42. The van der Waals surface area contributed by atoms with Crippen LogP contribution in [0.2, 0.25) is 10.3 Å². The summed E-state index contributed by atoms with van der Waals surface area (Å²) >= 11 is 11.4. The number of aliphatic hydroxyl groups is 1. The quantitative estimate of drug-likeness (QED) is 0.903. The molecular weight excluding hydrogens is 306 g/mol. The smallest absolute Gasteiger partial charge is 0.231 e. The van der Waals surface area contributed by atoms with Gasteiger partial charge in [-0.3, -0.25) is 0 Å². The number of benzene rings is 1. The molecule has 1 atom stereocenters. The normalized spacial score (nSPS) is 12.2. The predicted molar refractivity (Wildman–Crippen MR) is 74.8 cm³/mol. The summed E-state index contributed by atoms with van der Waals surface area (Å²) in [5, 5.41) is 12.7. The van der Waals surface area contributed by atoms with Gasteiger partial charge in [-0.25, -0.2) is 14.4 Å². The van der Waals surface area contributed by atoms with Crippen molar-refractivity contribution in [3.63, 3.8) is 0 Å². The van der Waals surface area contributed by atoms with Crippen LogP contribution in [-0.2, 0) is 0 Å². The van der Waals surface area contributed by atoms with Crippen LogP contribution in [0.5, 0.6) is 0 Å². The number of aliphatic hydroxyl groups excluding tert-OH is 1. The van der Waals surface area contributed by atoms with E-state index in [-0.39, 0.29) is 16.3 Å². The summed E-state index contributed by atoms with van der Waals surface area (Å²) in [5.74, 6) is -0.425. The standard InChI is InChI=1S/C12H11Cl2FN4O/c1-2-10(20)6-3-8(15)7(13)4-9(6)18-12-17-5-16-11(14)19-12/h3-5,10,20H,2H2,1H3,(H,16,17,18,19). The van der Waals surface area contributed by atoms with Gasteiger partial charge >= 0.3 is 0 Å². The Bertz CT molecular complexity index is 626. The van der Waals surface area contributed by atoms with E-state index in [1.54, 1.807) is 6.92 Å². The molecule has 1 aromatic carbocycles. The van der Waals surface area contributed by atoms with Crippen LogP contribution in [0.15, 0.2) is 18.5 Å². The molecule has 8 heteroatoms. The Hall–Kier alpha value is -1.50. The van der Waals surface area contributed by atoms with E-state index in [4.69, 9.17) is 23.2 Å². The molecule has 0 fully saturated rings. The van der Waals surface area contributed by atoms with Crippen LogP contribution < -0.4 is 5.32 Å². The number of nitrogens with zero attached hydrogens (tertiary/aromatic N) is 3. The lowest BCUT2D eigenvalue weighted by Gasteiger charge is -2.15. The molecule has 0 amide bonds. The van der Waals surface area contributed by atoms with Crippen molar-refractivity contribution in [2.24, 2.45) is 0 Å². The van der Waals surface area contributed by atoms with E-state index in [9.17, 15) is 9.50 Å². The molecule has 0 aliphatic carbocycles. The van der Waals surface area contributed by atoms with E-state index in [0.29, 0.717) is 17.7 Å². The summed E-state index contributed by atoms with van der Waals surface area (Å²) in [4.78, 5) is 11.4. The van der Waals surface area contributed by atoms with Crippen LogP contribution in [0.4, 0.5) is 16.0 Å². The summed E-state index contributed by atoms with van der Waals surface area (Å²) in [7, 11) is 0. The minimum Gasteiger partial charge on any atom is -0.388 e. The number of halogens is 3. The zero-order chi connectivity index (χ0) is 14.7. The molecule has 106 valence electrons. The molecule has 0 spiro atoms. The average molecular weight is 317 g/mol. The van der Waals surface area contributed by atoms with Crippen molar-refractivity contribution in [2.75, 3.05) is 5.32 Å². The molecule has 2 rings (SSSR count). The third-order valence-electron chi connectivity index (χ3n) is 2.63. The molecule has 5 nitrogen and oxygen atoms in total. The number of anilines is 2. The molecular formula is C12H11Cl2FN4O. The fraction of sp³-hybridized carbons (Fsp3) is 0.250. The van der Waals surface area contributed by atoms with Gasteiger partial charge < -0.3 is 10.4 Å². The van der Waals surface area contributed by atoms with Gasteiger partial charge in [0.2, 0.25) is 11.2 Å². The van der Waals surface area contributed by atoms with Crippen LogP contribution >= 0.6 is 23.2 Å². The molecule has 0 radical (unpaired) electrons. The van der Waals surface area contributed by atoms with Gasteiger partial charge in [-0.05, 0) is 30.2 Å². The van der Waals surface area contributed by atoms with Crippen molar-refractivity contribution in [3.05, 3.63) is 40.1 Å². The van der Waals surface area contributed by atoms with E-state index in [0.717, 1.165) is 0 Å². The molecule has 0 aliphatic heterocycles. The predicted octanol–water partition coefficient (Wildman–Crippen LogP) is 3.50.